The van der Waals surface area contributed by atoms with Crippen molar-refractivity contribution in [1.82, 2.24) is 9.97 Å². The van der Waals surface area contributed by atoms with Gasteiger partial charge in [-0.1, -0.05) is 13.8 Å². The number of hydrogen-bond acceptors (Lipinski definition) is 3. The van der Waals surface area contributed by atoms with Crippen molar-refractivity contribution >= 4 is 5.78 Å². The molecule has 3 heteroatoms. The van der Waals surface area contributed by atoms with Gasteiger partial charge in [0.15, 0.2) is 0 Å². The van der Waals surface area contributed by atoms with Crippen molar-refractivity contribution in [3.63, 3.8) is 0 Å². The highest BCUT2D eigenvalue weighted by atomic mass is 16.1. The van der Waals surface area contributed by atoms with Crippen LogP contribution in [0.25, 0.3) is 0 Å². The maximum Gasteiger partial charge on any atom is 0.140 e. The first-order chi connectivity index (χ1) is 6.91. The van der Waals surface area contributed by atoms with Crippen molar-refractivity contribution in [3.8, 4) is 0 Å². The van der Waals surface area contributed by atoms with E-state index < -0.39 is 0 Å². The maximum atomic E-state index is 11.5. The average Bonchev–Trinajstić information content (AvgIpc) is 1.99. The molecular formula is C12H18N2O. The van der Waals surface area contributed by atoms with Gasteiger partial charge in [-0.2, -0.15) is 0 Å². The molecule has 1 atom stereocenters. The number of rotatable bonds is 3. The van der Waals surface area contributed by atoms with E-state index in [1.807, 2.05) is 33.8 Å². The van der Waals surface area contributed by atoms with Crippen LogP contribution in [-0.2, 0) is 4.79 Å². The lowest BCUT2D eigenvalue weighted by Gasteiger charge is -2.16. The van der Waals surface area contributed by atoms with Crippen molar-refractivity contribution in [2.75, 3.05) is 0 Å². The summed E-state index contributed by atoms with van der Waals surface area (Å²) in [5, 5.41) is 0. The highest BCUT2D eigenvalue weighted by molar-refractivity contribution is 5.82. The minimum atomic E-state index is -0.177. The van der Waals surface area contributed by atoms with Crippen LogP contribution >= 0.6 is 0 Å². The third-order valence-corrected chi connectivity index (χ3v) is 2.38. The SMILES string of the molecule is CC(=O)C(c1nc(C)cc(C)n1)C(C)C. The highest BCUT2D eigenvalue weighted by Gasteiger charge is 2.23. The summed E-state index contributed by atoms with van der Waals surface area (Å²) in [7, 11) is 0. The standard InChI is InChI=1S/C12H18N2O/c1-7(2)11(10(5)15)12-13-8(3)6-9(4)14-12/h6-7,11H,1-5H3. The summed E-state index contributed by atoms with van der Waals surface area (Å²) in [5.41, 5.74) is 1.84. The topological polar surface area (TPSA) is 42.9 Å². The van der Waals surface area contributed by atoms with Gasteiger partial charge in [0.05, 0.1) is 5.92 Å². The molecule has 0 radical (unpaired) electrons. The Hall–Kier alpha value is -1.25. The van der Waals surface area contributed by atoms with E-state index in [0.717, 1.165) is 11.4 Å². The van der Waals surface area contributed by atoms with Crippen LogP contribution in [0.3, 0.4) is 0 Å². The third kappa shape index (κ3) is 2.85. The van der Waals surface area contributed by atoms with Crippen molar-refractivity contribution in [2.24, 2.45) is 5.92 Å². The highest BCUT2D eigenvalue weighted by Crippen LogP contribution is 2.22. The summed E-state index contributed by atoms with van der Waals surface area (Å²) < 4.78 is 0. The van der Waals surface area contributed by atoms with E-state index >= 15 is 0 Å². The normalized spacial score (nSPS) is 12.9. The van der Waals surface area contributed by atoms with Crippen LogP contribution in [0.4, 0.5) is 0 Å². The molecule has 3 nitrogen and oxygen atoms in total. The molecule has 0 saturated carbocycles. The fourth-order valence-corrected chi connectivity index (χ4v) is 1.84. The van der Waals surface area contributed by atoms with Crippen LogP contribution in [0.15, 0.2) is 6.07 Å². The molecule has 15 heavy (non-hydrogen) atoms. The summed E-state index contributed by atoms with van der Waals surface area (Å²) in [6.45, 7) is 9.50. The van der Waals surface area contributed by atoms with Gasteiger partial charge in [-0.15, -0.1) is 0 Å². The predicted molar refractivity (Wildman–Crippen MR) is 59.8 cm³/mol. The number of aryl methyl sites for hydroxylation is 2. The molecule has 0 spiro atoms. The largest absolute Gasteiger partial charge is 0.299 e. The Morgan fingerprint density at radius 1 is 1.20 bits per heavy atom. The first kappa shape index (κ1) is 11.8. The van der Waals surface area contributed by atoms with Gasteiger partial charge in [-0.3, -0.25) is 4.79 Å². The second-order valence-corrected chi connectivity index (χ2v) is 4.34. The molecule has 0 N–H and O–H groups in total. The van der Waals surface area contributed by atoms with Gasteiger partial charge in [0.1, 0.15) is 11.6 Å². The fraction of sp³-hybridized carbons (Fsp3) is 0.583. The molecule has 1 heterocycles. The molecule has 1 unspecified atom stereocenters. The quantitative estimate of drug-likeness (QED) is 0.762. The second-order valence-electron chi connectivity index (χ2n) is 4.34. The van der Waals surface area contributed by atoms with Gasteiger partial charge in [-0.05, 0) is 32.8 Å². The number of Topliss-reactive ketones (excluding diaryl/α,β-unsaturated/α-hetero) is 1. The third-order valence-electron chi connectivity index (χ3n) is 2.38. The number of nitrogens with zero attached hydrogens (tertiary/aromatic N) is 2. The summed E-state index contributed by atoms with van der Waals surface area (Å²) in [4.78, 5) is 20.2. The summed E-state index contributed by atoms with van der Waals surface area (Å²) in [5.74, 6) is 0.859. The predicted octanol–water partition coefficient (Wildman–Crippen LogP) is 2.42. The zero-order chi connectivity index (χ0) is 11.6. The minimum Gasteiger partial charge on any atom is -0.299 e. The molecule has 1 aromatic rings. The van der Waals surface area contributed by atoms with Gasteiger partial charge in [0.25, 0.3) is 0 Å². The van der Waals surface area contributed by atoms with Crippen LogP contribution < -0.4 is 0 Å². The molecule has 82 valence electrons. The maximum absolute atomic E-state index is 11.5. The van der Waals surface area contributed by atoms with Crippen molar-refractivity contribution in [1.29, 1.82) is 0 Å². The van der Waals surface area contributed by atoms with E-state index in [-0.39, 0.29) is 17.6 Å². The molecule has 0 bridgehead atoms. The van der Waals surface area contributed by atoms with Gasteiger partial charge in [-0.25, -0.2) is 9.97 Å². The number of aromatic nitrogens is 2. The van der Waals surface area contributed by atoms with E-state index in [2.05, 4.69) is 9.97 Å². The van der Waals surface area contributed by atoms with E-state index in [4.69, 9.17) is 0 Å². The summed E-state index contributed by atoms with van der Waals surface area (Å²) in [6, 6.07) is 1.92. The Kier molecular flexibility index (Phi) is 3.56. The van der Waals surface area contributed by atoms with Gasteiger partial charge < -0.3 is 0 Å². The number of ketones is 1. The molecule has 0 fully saturated rings. The average molecular weight is 206 g/mol. The van der Waals surface area contributed by atoms with Crippen LogP contribution in [0.2, 0.25) is 0 Å². The lowest BCUT2D eigenvalue weighted by molar-refractivity contribution is -0.119. The Labute approximate surface area is 91.0 Å². The summed E-state index contributed by atoms with van der Waals surface area (Å²) >= 11 is 0. The number of carbonyl (C=O) groups excluding carboxylic acids is 1. The Morgan fingerprint density at radius 3 is 2.00 bits per heavy atom. The monoisotopic (exact) mass is 206 g/mol. The van der Waals surface area contributed by atoms with Crippen molar-refractivity contribution in [3.05, 3.63) is 23.3 Å². The van der Waals surface area contributed by atoms with E-state index in [1.165, 1.54) is 0 Å². The molecular weight excluding hydrogens is 188 g/mol. The first-order valence-corrected chi connectivity index (χ1v) is 5.24. The first-order valence-electron chi connectivity index (χ1n) is 5.24. The molecule has 0 amide bonds. The van der Waals surface area contributed by atoms with Gasteiger partial charge in [0, 0.05) is 11.4 Å². The lowest BCUT2D eigenvalue weighted by atomic mass is 9.91. The van der Waals surface area contributed by atoms with Crippen LogP contribution in [-0.4, -0.2) is 15.8 Å². The lowest BCUT2D eigenvalue weighted by Crippen LogP contribution is -2.19. The Balaban J connectivity index is 3.17. The van der Waals surface area contributed by atoms with E-state index in [9.17, 15) is 4.79 Å². The molecule has 0 saturated heterocycles. The van der Waals surface area contributed by atoms with Crippen molar-refractivity contribution in [2.45, 2.75) is 40.5 Å². The zero-order valence-corrected chi connectivity index (χ0v) is 10.0. The van der Waals surface area contributed by atoms with E-state index in [1.54, 1.807) is 6.92 Å². The molecule has 0 aliphatic carbocycles. The smallest absolute Gasteiger partial charge is 0.140 e. The van der Waals surface area contributed by atoms with Crippen LogP contribution in [0.1, 0.15) is 43.9 Å². The number of carbonyl (C=O) groups is 1. The molecule has 0 aliphatic rings. The fourth-order valence-electron chi connectivity index (χ4n) is 1.84. The van der Waals surface area contributed by atoms with Gasteiger partial charge in [0.2, 0.25) is 0 Å². The van der Waals surface area contributed by atoms with Crippen LogP contribution in [0.5, 0.6) is 0 Å². The van der Waals surface area contributed by atoms with Crippen molar-refractivity contribution < 1.29 is 4.79 Å². The van der Waals surface area contributed by atoms with E-state index in [0.29, 0.717) is 5.82 Å². The van der Waals surface area contributed by atoms with Crippen LogP contribution in [0, 0.1) is 19.8 Å². The minimum absolute atomic E-state index is 0.134. The zero-order valence-electron chi connectivity index (χ0n) is 10.0. The Bertz CT molecular complexity index is 352. The number of hydrogen-bond donors (Lipinski definition) is 0. The molecule has 0 aromatic carbocycles. The molecule has 0 aliphatic heterocycles. The Morgan fingerprint density at radius 2 is 1.67 bits per heavy atom. The molecule has 1 aromatic heterocycles. The second kappa shape index (κ2) is 4.51. The summed E-state index contributed by atoms with van der Waals surface area (Å²) in [6.07, 6.45) is 0. The molecule has 1 rings (SSSR count). The van der Waals surface area contributed by atoms with Gasteiger partial charge >= 0.3 is 0 Å².